The van der Waals surface area contributed by atoms with E-state index in [1.54, 1.807) is 48.5 Å². The molecule has 166 valence electrons. The van der Waals surface area contributed by atoms with Crippen LogP contribution in [0.1, 0.15) is 47.4 Å². The van der Waals surface area contributed by atoms with E-state index in [1.165, 1.54) is 0 Å². The van der Waals surface area contributed by atoms with Gasteiger partial charge in [-0.15, -0.1) is 24.8 Å². The Morgan fingerprint density at radius 3 is 2.35 bits per heavy atom. The molecule has 3 rings (SSSR count). The van der Waals surface area contributed by atoms with Crippen molar-refractivity contribution >= 4 is 59.1 Å². The summed E-state index contributed by atoms with van der Waals surface area (Å²) in [6.07, 6.45) is 2.07. The molecule has 8 heteroatoms. The molecule has 1 amide bonds. The van der Waals surface area contributed by atoms with E-state index in [0.717, 1.165) is 25.9 Å². The van der Waals surface area contributed by atoms with E-state index in [-0.39, 0.29) is 36.3 Å². The van der Waals surface area contributed by atoms with Crippen LogP contribution in [0, 0.1) is 0 Å². The molecule has 1 heterocycles. The fourth-order valence-corrected chi connectivity index (χ4v) is 3.20. The van der Waals surface area contributed by atoms with Gasteiger partial charge < -0.3 is 15.3 Å². The molecule has 6 nitrogen and oxygen atoms in total. The van der Waals surface area contributed by atoms with Crippen LogP contribution in [0.25, 0.3) is 10.9 Å². The van der Waals surface area contributed by atoms with Crippen molar-refractivity contribution in [2.45, 2.75) is 26.7 Å². The van der Waals surface area contributed by atoms with Gasteiger partial charge in [-0.1, -0.05) is 31.5 Å². The van der Waals surface area contributed by atoms with Crippen LogP contribution in [0.15, 0.2) is 54.6 Å². The number of rotatable bonds is 8. The molecule has 31 heavy (non-hydrogen) atoms. The summed E-state index contributed by atoms with van der Waals surface area (Å²) in [6.45, 7) is 5.73. The van der Waals surface area contributed by atoms with Gasteiger partial charge in [-0.2, -0.15) is 0 Å². The number of nitrogens with zero attached hydrogens (tertiary/aromatic N) is 2. The van der Waals surface area contributed by atoms with Crippen LogP contribution in [0.5, 0.6) is 0 Å². The zero-order valence-electron chi connectivity index (χ0n) is 17.5. The van der Waals surface area contributed by atoms with E-state index in [0.29, 0.717) is 28.0 Å². The molecule has 2 N–H and O–H groups in total. The topological polar surface area (TPSA) is 82.5 Å². The van der Waals surface area contributed by atoms with Gasteiger partial charge in [0.15, 0.2) is 0 Å². The molecule has 0 aliphatic carbocycles. The number of amides is 1. The van der Waals surface area contributed by atoms with Crippen molar-refractivity contribution in [2.24, 2.45) is 0 Å². The molecule has 0 saturated heterocycles. The smallest absolute Gasteiger partial charge is 0.336 e. The number of carboxylic acid groups (broad SMARTS) is 1. The second-order valence-electron chi connectivity index (χ2n) is 6.82. The van der Waals surface area contributed by atoms with E-state index >= 15 is 0 Å². The van der Waals surface area contributed by atoms with Crippen molar-refractivity contribution in [1.29, 1.82) is 0 Å². The van der Waals surface area contributed by atoms with E-state index in [2.05, 4.69) is 22.1 Å². The quantitative estimate of drug-likeness (QED) is 0.450. The lowest BCUT2D eigenvalue weighted by Crippen LogP contribution is -2.25. The fourth-order valence-electron chi connectivity index (χ4n) is 3.20. The summed E-state index contributed by atoms with van der Waals surface area (Å²) in [5, 5.41) is 13.1. The summed E-state index contributed by atoms with van der Waals surface area (Å²) in [6, 6.07) is 15.7. The van der Waals surface area contributed by atoms with Gasteiger partial charge in [-0.25, -0.2) is 9.78 Å². The lowest BCUT2D eigenvalue weighted by atomic mass is 10.1. The first-order valence-corrected chi connectivity index (χ1v) is 9.83. The molecule has 0 atom stereocenters. The van der Waals surface area contributed by atoms with Crippen LogP contribution >= 0.6 is 24.8 Å². The lowest BCUT2D eigenvalue weighted by Gasteiger charge is -2.22. The summed E-state index contributed by atoms with van der Waals surface area (Å²) in [5.41, 5.74) is 1.83. The van der Waals surface area contributed by atoms with Crippen LogP contribution in [-0.2, 0) is 0 Å². The number of nitrogens with one attached hydrogen (secondary N) is 1. The number of carboxylic acids is 1. The van der Waals surface area contributed by atoms with Crippen LogP contribution in [0.3, 0.4) is 0 Å². The Bertz CT molecular complexity index is 1030. The van der Waals surface area contributed by atoms with Crippen molar-refractivity contribution in [2.75, 3.05) is 23.3 Å². The summed E-state index contributed by atoms with van der Waals surface area (Å²) >= 11 is 0. The number of carbonyl (C=O) groups is 2. The SMILES string of the molecule is CCCCN(CC)c1cc(C(=O)O)c2cc(NC(=O)c3ccccc3)ccc2n1.Cl.Cl. The minimum absolute atomic E-state index is 0. The van der Waals surface area contributed by atoms with Gasteiger partial charge in [0.2, 0.25) is 0 Å². The summed E-state index contributed by atoms with van der Waals surface area (Å²) < 4.78 is 0. The molecule has 0 bridgehead atoms. The maximum Gasteiger partial charge on any atom is 0.336 e. The van der Waals surface area contributed by atoms with Crippen LogP contribution in [0.2, 0.25) is 0 Å². The molecule has 0 saturated carbocycles. The number of halogens is 2. The highest BCUT2D eigenvalue weighted by Gasteiger charge is 2.16. The number of aromatic carboxylic acids is 1. The first kappa shape index (κ1) is 26.2. The summed E-state index contributed by atoms with van der Waals surface area (Å²) in [5.74, 6) is -0.605. The van der Waals surface area contributed by atoms with Gasteiger partial charge in [-0.05, 0) is 49.7 Å². The predicted molar refractivity (Wildman–Crippen MR) is 130 cm³/mol. The predicted octanol–water partition coefficient (Wildman–Crippen LogP) is 5.66. The van der Waals surface area contributed by atoms with Crippen molar-refractivity contribution < 1.29 is 14.7 Å². The Kier molecular flexibility index (Phi) is 10.3. The van der Waals surface area contributed by atoms with Gasteiger partial charge in [0.05, 0.1) is 11.1 Å². The molecule has 0 unspecified atom stereocenters. The third-order valence-corrected chi connectivity index (χ3v) is 4.81. The third-order valence-electron chi connectivity index (χ3n) is 4.81. The first-order chi connectivity index (χ1) is 14.0. The molecule has 0 spiro atoms. The Labute approximate surface area is 194 Å². The third kappa shape index (κ3) is 6.32. The minimum atomic E-state index is -1.02. The standard InChI is InChI=1S/C23H25N3O3.2ClH/c1-3-5-13-26(4-2)21-15-19(23(28)29)18-14-17(11-12-20(18)25-21)24-22(27)16-9-7-6-8-10-16;;/h6-12,14-15H,3-5,13H2,1-2H3,(H,24,27)(H,28,29);2*1H. The van der Waals surface area contributed by atoms with Crippen LogP contribution < -0.4 is 10.2 Å². The van der Waals surface area contributed by atoms with Crippen LogP contribution in [-0.4, -0.2) is 35.1 Å². The largest absolute Gasteiger partial charge is 0.478 e. The average Bonchev–Trinajstić information content (AvgIpc) is 2.74. The van der Waals surface area contributed by atoms with Crippen molar-refractivity contribution in [3.8, 4) is 0 Å². The molecular weight excluding hydrogens is 437 g/mol. The highest BCUT2D eigenvalue weighted by atomic mass is 35.5. The van der Waals surface area contributed by atoms with Gasteiger partial charge in [-0.3, -0.25) is 4.79 Å². The van der Waals surface area contributed by atoms with Gasteiger partial charge in [0.25, 0.3) is 5.91 Å². The molecule has 0 aliphatic heterocycles. The molecule has 1 aromatic heterocycles. The Balaban J connectivity index is 0.00000240. The number of benzene rings is 2. The summed E-state index contributed by atoms with van der Waals surface area (Å²) in [4.78, 5) is 31.1. The van der Waals surface area contributed by atoms with Gasteiger partial charge in [0, 0.05) is 29.7 Å². The number of unbranched alkanes of at least 4 members (excludes halogenated alkanes) is 1. The Hall–Kier alpha value is -2.83. The first-order valence-electron chi connectivity index (χ1n) is 9.83. The number of anilines is 2. The minimum Gasteiger partial charge on any atom is -0.478 e. The Morgan fingerprint density at radius 2 is 1.74 bits per heavy atom. The molecular formula is C23H27Cl2N3O3. The number of fused-ring (bicyclic) bond motifs is 1. The van der Waals surface area contributed by atoms with Gasteiger partial charge >= 0.3 is 5.97 Å². The monoisotopic (exact) mass is 463 g/mol. The zero-order chi connectivity index (χ0) is 20.8. The second-order valence-corrected chi connectivity index (χ2v) is 6.82. The normalized spacial score (nSPS) is 10.0. The van der Waals surface area contributed by atoms with E-state index in [4.69, 9.17) is 0 Å². The maximum absolute atomic E-state index is 12.4. The lowest BCUT2D eigenvalue weighted by molar-refractivity contribution is 0.0698. The number of pyridine rings is 1. The molecule has 0 aliphatic rings. The molecule has 0 radical (unpaired) electrons. The maximum atomic E-state index is 12.4. The van der Waals surface area contributed by atoms with Crippen LogP contribution in [0.4, 0.5) is 11.5 Å². The van der Waals surface area contributed by atoms with E-state index in [9.17, 15) is 14.7 Å². The summed E-state index contributed by atoms with van der Waals surface area (Å²) in [7, 11) is 0. The zero-order valence-corrected chi connectivity index (χ0v) is 19.1. The van der Waals surface area contributed by atoms with E-state index in [1.807, 2.05) is 13.0 Å². The number of hydrogen-bond donors (Lipinski definition) is 2. The van der Waals surface area contributed by atoms with Gasteiger partial charge in [0.1, 0.15) is 5.82 Å². The number of aromatic nitrogens is 1. The molecule has 3 aromatic rings. The number of hydrogen-bond acceptors (Lipinski definition) is 4. The van der Waals surface area contributed by atoms with E-state index < -0.39 is 5.97 Å². The number of carbonyl (C=O) groups excluding carboxylic acids is 1. The van der Waals surface area contributed by atoms with Crippen molar-refractivity contribution in [3.05, 3.63) is 65.7 Å². The highest BCUT2D eigenvalue weighted by Crippen LogP contribution is 2.26. The Morgan fingerprint density at radius 1 is 1.03 bits per heavy atom. The fraction of sp³-hybridized carbons (Fsp3) is 0.261. The van der Waals surface area contributed by atoms with Crippen molar-refractivity contribution in [3.63, 3.8) is 0 Å². The molecule has 0 fully saturated rings. The average molecular weight is 464 g/mol. The molecule has 2 aromatic carbocycles. The second kappa shape index (κ2) is 12.1. The highest BCUT2D eigenvalue weighted by molar-refractivity contribution is 6.08. The van der Waals surface area contributed by atoms with Crippen molar-refractivity contribution in [1.82, 2.24) is 4.98 Å².